The lowest BCUT2D eigenvalue weighted by molar-refractivity contribution is 0.0600. The van der Waals surface area contributed by atoms with Gasteiger partial charge in [0.05, 0.1) is 28.9 Å². The number of ether oxygens (including phenoxy) is 1. The van der Waals surface area contributed by atoms with Gasteiger partial charge in [0.15, 0.2) is 4.80 Å². The van der Waals surface area contributed by atoms with Crippen LogP contribution in [0.2, 0.25) is 10.0 Å². The number of halogens is 2. The van der Waals surface area contributed by atoms with E-state index in [4.69, 9.17) is 32.9 Å². The zero-order valence-electron chi connectivity index (χ0n) is 19.7. The molecule has 0 amide bonds. The number of methoxy groups -OCH3 is 1. The Morgan fingerprint density at radius 3 is 2.62 bits per heavy atom. The molecule has 0 saturated heterocycles. The van der Waals surface area contributed by atoms with Crippen LogP contribution < -0.4 is 14.9 Å². The molecule has 2 heterocycles. The van der Waals surface area contributed by atoms with Gasteiger partial charge in [-0.05, 0) is 65.4 Å². The average molecular weight is 547 g/mol. The second-order valence-corrected chi connectivity index (χ2v) is 10.7. The summed E-state index contributed by atoms with van der Waals surface area (Å²) in [6, 6.07) is 20.3. The summed E-state index contributed by atoms with van der Waals surface area (Å²) in [6.45, 7) is 0. The number of esters is 1. The van der Waals surface area contributed by atoms with Crippen LogP contribution >= 0.6 is 34.5 Å². The third-order valence-corrected chi connectivity index (χ3v) is 8.30. The van der Waals surface area contributed by atoms with Crippen molar-refractivity contribution in [1.29, 1.82) is 0 Å². The Bertz CT molecular complexity index is 1790. The third kappa shape index (κ3) is 4.15. The van der Waals surface area contributed by atoms with Gasteiger partial charge in [-0.25, -0.2) is 9.79 Å². The molecule has 3 aromatic carbocycles. The highest BCUT2D eigenvalue weighted by molar-refractivity contribution is 7.07. The second-order valence-electron chi connectivity index (χ2n) is 8.89. The van der Waals surface area contributed by atoms with Gasteiger partial charge in [-0.1, -0.05) is 77.0 Å². The van der Waals surface area contributed by atoms with Crippen LogP contribution in [0.25, 0.3) is 11.8 Å². The number of benzene rings is 3. The molecule has 0 unspecified atom stereocenters. The smallest absolute Gasteiger partial charge is 0.337 e. The highest BCUT2D eigenvalue weighted by Crippen LogP contribution is 2.43. The van der Waals surface area contributed by atoms with Crippen molar-refractivity contribution >= 4 is 52.3 Å². The molecule has 0 spiro atoms. The number of carbonyl (C=O) groups excluding carboxylic acids is 1. The first-order valence-electron chi connectivity index (χ1n) is 11.7. The minimum atomic E-state index is -0.406. The molecular weight excluding hydrogens is 527 g/mol. The largest absolute Gasteiger partial charge is 0.465 e. The highest BCUT2D eigenvalue weighted by Gasteiger charge is 2.33. The summed E-state index contributed by atoms with van der Waals surface area (Å²) in [6.07, 6.45) is 3.46. The van der Waals surface area contributed by atoms with Gasteiger partial charge in [0.2, 0.25) is 0 Å². The van der Waals surface area contributed by atoms with E-state index < -0.39 is 5.97 Å². The summed E-state index contributed by atoms with van der Waals surface area (Å²) in [5, 5.41) is 1.05. The van der Waals surface area contributed by atoms with Crippen molar-refractivity contribution in [2.45, 2.75) is 18.9 Å². The SMILES string of the molecule is COC(=O)c1ccc(C=c2sc3n(c2=O)[C@@H](c2ccc(Cl)cc2Cl)C2=C(N=3)c3ccccc3CC2)cc1. The first-order chi connectivity index (χ1) is 17.9. The van der Waals surface area contributed by atoms with E-state index in [1.165, 1.54) is 24.0 Å². The van der Waals surface area contributed by atoms with Gasteiger partial charge in [0.1, 0.15) is 0 Å². The van der Waals surface area contributed by atoms with Gasteiger partial charge in [-0.2, -0.15) is 0 Å². The third-order valence-electron chi connectivity index (χ3n) is 6.76. The fourth-order valence-corrected chi connectivity index (χ4v) is 6.52. The van der Waals surface area contributed by atoms with E-state index in [0.29, 0.717) is 24.9 Å². The van der Waals surface area contributed by atoms with Crippen molar-refractivity contribution in [1.82, 2.24) is 4.57 Å². The van der Waals surface area contributed by atoms with Crippen LogP contribution in [-0.2, 0) is 11.2 Å². The molecule has 1 atom stereocenters. The second kappa shape index (κ2) is 9.45. The maximum absolute atomic E-state index is 13.8. The van der Waals surface area contributed by atoms with Crippen LogP contribution in [0.3, 0.4) is 0 Å². The molecule has 5 nitrogen and oxygen atoms in total. The molecule has 0 bridgehead atoms. The number of rotatable bonds is 3. The fourth-order valence-electron chi connectivity index (χ4n) is 5.01. The lowest BCUT2D eigenvalue weighted by Gasteiger charge is -2.31. The predicted octanol–water partition coefficient (Wildman–Crippen LogP) is 5.41. The van der Waals surface area contributed by atoms with Crippen molar-refractivity contribution in [2.75, 3.05) is 7.11 Å². The van der Waals surface area contributed by atoms with E-state index >= 15 is 0 Å². The van der Waals surface area contributed by atoms with E-state index in [9.17, 15) is 9.59 Å². The van der Waals surface area contributed by atoms with Gasteiger partial charge in [0.25, 0.3) is 5.56 Å². The van der Waals surface area contributed by atoms with E-state index in [1.54, 1.807) is 41.0 Å². The Labute approximate surface area is 226 Å². The summed E-state index contributed by atoms with van der Waals surface area (Å²) in [5.41, 5.74) is 6.26. The Hall–Kier alpha value is -3.45. The van der Waals surface area contributed by atoms with Crippen LogP contribution in [0.1, 0.15) is 45.1 Å². The Balaban J connectivity index is 1.57. The molecule has 6 rings (SSSR count). The van der Waals surface area contributed by atoms with Crippen molar-refractivity contribution in [3.63, 3.8) is 0 Å². The minimum Gasteiger partial charge on any atom is -0.465 e. The number of aryl methyl sites for hydroxylation is 1. The van der Waals surface area contributed by atoms with Gasteiger partial charge in [-0.15, -0.1) is 0 Å². The average Bonchev–Trinajstić information content (AvgIpc) is 3.22. The molecule has 37 heavy (non-hydrogen) atoms. The molecule has 2 aliphatic rings. The van der Waals surface area contributed by atoms with Crippen LogP contribution in [0.15, 0.2) is 82.1 Å². The van der Waals surface area contributed by atoms with Gasteiger partial charge >= 0.3 is 5.97 Å². The van der Waals surface area contributed by atoms with E-state index in [0.717, 1.165) is 40.8 Å². The Morgan fingerprint density at radius 2 is 1.86 bits per heavy atom. The number of thiazole rings is 1. The van der Waals surface area contributed by atoms with Crippen LogP contribution in [0, 0.1) is 0 Å². The quantitative estimate of drug-likeness (QED) is 0.322. The van der Waals surface area contributed by atoms with E-state index in [2.05, 4.69) is 12.1 Å². The van der Waals surface area contributed by atoms with Gasteiger partial charge < -0.3 is 4.74 Å². The number of allylic oxidation sites excluding steroid dienone is 1. The summed E-state index contributed by atoms with van der Waals surface area (Å²) in [4.78, 5) is 31.3. The molecule has 0 N–H and O–H groups in total. The summed E-state index contributed by atoms with van der Waals surface area (Å²) < 4.78 is 7.07. The van der Waals surface area contributed by atoms with Crippen molar-refractivity contribution in [2.24, 2.45) is 4.99 Å². The van der Waals surface area contributed by atoms with Crippen LogP contribution in [0.4, 0.5) is 0 Å². The first-order valence-corrected chi connectivity index (χ1v) is 13.3. The van der Waals surface area contributed by atoms with Gasteiger partial charge in [-0.3, -0.25) is 9.36 Å². The van der Waals surface area contributed by atoms with Crippen molar-refractivity contribution in [3.8, 4) is 0 Å². The number of hydrogen-bond acceptors (Lipinski definition) is 5. The lowest BCUT2D eigenvalue weighted by Crippen LogP contribution is -2.38. The molecule has 184 valence electrons. The van der Waals surface area contributed by atoms with Crippen molar-refractivity contribution in [3.05, 3.63) is 130 Å². The summed E-state index contributed by atoms with van der Waals surface area (Å²) in [7, 11) is 1.35. The number of aromatic nitrogens is 1. The number of hydrogen-bond donors (Lipinski definition) is 0. The van der Waals surface area contributed by atoms with E-state index in [-0.39, 0.29) is 11.6 Å². The molecule has 1 aliphatic heterocycles. The molecule has 0 fully saturated rings. The van der Waals surface area contributed by atoms with Crippen LogP contribution in [-0.4, -0.2) is 17.6 Å². The fraction of sp³-hybridized carbons (Fsp3) is 0.138. The molecular formula is C29H20Cl2N2O3S. The lowest BCUT2D eigenvalue weighted by atomic mass is 9.83. The molecule has 4 aromatic rings. The highest BCUT2D eigenvalue weighted by atomic mass is 35.5. The maximum atomic E-state index is 13.8. The van der Waals surface area contributed by atoms with Crippen LogP contribution in [0.5, 0.6) is 0 Å². The normalized spacial score (nSPS) is 16.5. The van der Waals surface area contributed by atoms with Crippen molar-refractivity contribution < 1.29 is 9.53 Å². The van der Waals surface area contributed by atoms with Gasteiger partial charge in [0, 0.05) is 15.6 Å². The predicted molar refractivity (Wildman–Crippen MR) is 147 cm³/mol. The zero-order chi connectivity index (χ0) is 25.7. The van der Waals surface area contributed by atoms with E-state index in [1.807, 2.05) is 24.3 Å². The standard InChI is InChI=1S/C29H20Cl2N2O3S/c1-36-28(35)18-8-6-16(7-9-18)14-24-27(34)33-26(21-13-11-19(30)15-23(21)31)22-12-10-17-4-2-3-5-20(17)25(22)32-29(33)37-24/h2-9,11,13-15,26H,10,12H2,1H3/t26-/m0/s1. The summed E-state index contributed by atoms with van der Waals surface area (Å²) in [5.74, 6) is -0.406. The number of carbonyl (C=O) groups is 1. The zero-order valence-corrected chi connectivity index (χ0v) is 22.0. The monoisotopic (exact) mass is 546 g/mol. The molecule has 1 aliphatic carbocycles. The Morgan fingerprint density at radius 1 is 1.08 bits per heavy atom. The number of fused-ring (bicyclic) bond motifs is 3. The summed E-state index contributed by atoms with van der Waals surface area (Å²) >= 11 is 14.3. The Kier molecular flexibility index (Phi) is 6.11. The molecule has 0 saturated carbocycles. The molecule has 0 radical (unpaired) electrons. The molecule has 8 heteroatoms. The molecule has 1 aromatic heterocycles. The number of nitrogens with zero attached hydrogens (tertiary/aromatic N) is 2. The minimum absolute atomic E-state index is 0.137. The maximum Gasteiger partial charge on any atom is 0.337 e. The first kappa shape index (κ1) is 23.9. The topological polar surface area (TPSA) is 60.7 Å².